The first-order valence-electron chi connectivity index (χ1n) is 7.69. The molecule has 1 fully saturated rings. The third-order valence-corrected chi connectivity index (χ3v) is 4.24. The van der Waals surface area contributed by atoms with Crippen LogP contribution in [0.2, 0.25) is 0 Å². The Bertz CT molecular complexity index is 425. The van der Waals surface area contributed by atoms with Gasteiger partial charge in [-0.1, -0.05) is 51.8 Å². The fourth-order valence-corrected chi connectivity index (χ4v) is 3.08. The molecule has 1 nitrogen and oxygen atoms in total. The van der Waals surface area contributed by atoms with E-state index >= 15 is 0 Å². The highest BCUT2D eigenvalue weighted by molar-refractivity contribution is 5.98. The fourth-order valence-electron chi connectivity index (χ4n) is 3.08. The van der Waals surface area contributed by atoms with Crippen LogP contribution in [-0.2, 0) is 6.42 Å². The van der Waals surface area contributed by atoms with Gasteiger partial charge in [0.05, 0.1) is 0 Å². The van der Waals surface area contributed by atoms with Crippen LogP contribution in [0.25, 0.3) is 0 Å². The van der Waals surface area contributed by atoms with E-state index in [-0.39, 0.29) is 5.92 Å². The lowest BCUT2D eigenvalue weighted by Crippen LogP contribution is -2.21. The molecule has 1 aromatic carbocycles. The molecule has 0 aromatic heterocycles. The highest BCUT2D eigenvalue weighted by Crippen LogP contribution is 2.30. The number of carbonyl (C=O) groups excluding carboxylic acids is 1. The van der Waals surface area contributed by atoms with Crippen LogP contribution >= 0.6 is 0 Å². The van der Waals surface area contributed by atoms with Crippen molar-refractivity contribution in [1.82, 2.24) is 0 Å². The van der Waals surface area contributed by atoms with Gasteiger partial charge in [-0.25, -0.2) is 0 Å². The van der Waals surface area contributed by atoms with Gasteiger partial charge >= 0.3 is 0 Å². The zero-order chi connectivity index (χ0) is 13.8. The summed E-state index contributed by atoms with van der Waals surface area (Å²) in [6.45, 7) is 6.73. The molecule has 1 heteroatoms. The van der Waals surface area contributed by atoms with Gasteiger partial charge in [0.25, 0.3) is 0 Å². The summed E-state index contributed by atoms with van der Waals surface area (Å²) in [7, 11) is 0. The number of hydrogen-bond acceptors (Lipinski definition) is 1. The van der Waals surface area contributed by atoms with E-state index in [2.05, 4.69) is 32.9 Å². The summed E-state index contributed by atoms with van der Waals surface area (Å²) < 4.78 is 0. The molecular weight excluding hydrogens is 232 g/mol. The van der Waals surface area contributed by atoms with E-state index in [1.54, 1.807) is 0 Å². The topological polar surface area (TPSA) is 17.1 Å². The molecule has 0 N–H and O–H groups in total. The molecule has 0 aliphatic heterocycles. The van der Waals surface area contributed by atoms with Crippen molar-refractivity contribution in [3.63, 3.8) is 0 Å². The summed E-state index contributed by atoms with van der Waals surface area (Å²) >= 11 is 0. The minimum atomic E-state index is 0.269. The predicted molar refractivity (Wildman–Crippen MR) is 80.4 cm³/mol. The lowest BCUT2D eigenvalue weighted by atomic mass is 9.79. The van der Waals surface area contributed by atoms with Crippen LogP contribution in [0, 0.1) is 17.8 Å². The van der Waals surface area contributed by atoms with E-state index in [9.17, 15) is 4.79 Å². The van der Waals surface area contributed by atoms with Crippen molar-refractivity contribution in [2.24, 2.45) is 17.8 Å². The summed E-state index contributed by atoms with van der Waals surface area (Å²) in [6, 6.07) is 8.28. The maximum absolute atomic E-state index is 12.5. The average molecular weight is 258 g/mol. The number of Topliss-reactive ketones (excluding diaryl/α,β-unsaturated/α-hetero) is 1. The van der Waals surface area contributed by atoms with E-state index in [0.717, 1.165) is 30.7 Å². The molecule has 1 saturated carbocycles. The summed E-state index contributed by atoms with van der Waals surface area (Å²) in [6.07, 6.45) is 5.63. The quantitative estimate of drug-likeness (QED) is 0.702. The van der Waals surface area contributed by atoms with Crippen LogP contribution in [0.1, 0.15) is 62.4 Å². The van der Waals surface area contributed by atoms with Crippen molar-refractivity contribution in [2.75, 3.05) is 0 Å². The second-order valence-corrected chi connectivity index (χ2v) is 6.62. The molecule has 0 saturated heterocycles. The molecule has 0 amide bonds. The normalized spacial score (nSPS) is 23.6. The first kappa shape index (κ1) is 14.3. The van der Waals surface area contributed by atoms with Gasteiger partial charge in [-0.05, 0) is 42.7 Å². The van der Waals surface area contributed by atoms with Crippen molar-refractivity contribution >= 4 is 5.78 Å². The fraction of sp³-hybridized carbons (Fsp3) is 0.611. The number of carbonyl (C=O) groups is 1. The summed E-state index contributed by atoms with van der Waals surface area (Å²) in [4.78, 5) is 12.5. The Labute approximate surface area is 117 Å². The van der Waals surface area contributed by atoms with Crippen molar-refractivity contribution < 1.29 is 4.79 Å². The van der Waals surface area contributed by atoms with E-state index in [1.807, 2.05) is 12.1 Å². The molecule has 19 heavy (non-hydrogen) atoms. The Kier molecular flexibility index (Phi) is 4.79. The van der Waals surface area contributed by atoms with Gasteiger partial charge in [0.2, 0.25) is 0 Å². The van der Waals surface area contributed by atoms with Crippen LogP contribution < -0.4 is 0 Å². The SMILES string of the molecule is CC(C)Cc1cccc(C(=O)C2CCC(C)CC2)c1. The van der Waals surface area contributed by atoms with Gasteiger partial charge in [0.15, 0.2) is 5.78 Å². The van der Waals surface area contributed by atoms with Crippen LogP contribution in [0.15, 0.2) is 24.3 Å². The standard InChI is InChI=1S/C18H26O/c1-13(2)11-15-5-4-6-17(12-15)18(19)16-9-7-14(3)8-10-16/h4-6,12-14,16H,7-11H2,1-3H3. The van der Waals surface area contributed by atoms with E-state index in [0.29, 0.717) is 11.7 Å². The van der Waals surface area contributed by atoms with Crippen molar-refractivity contribution in [3.05, 3.63) is 35.4 Å². The molecule has 0 radical (unpaired) electrons. The zero-order valence-electron chi connectivity index (χ0n) is 12.5. The smallest absolute Gasteiger partial charge is 0.165 e. The second kappa shape index (κ2) is 6.36. The van der Waals surface area contributed by atoms with Crippen LogP contribution in [0.4, 0.5) is 0 Å². The van der Waals surface area contributed by atoms with E-state index in [4.69, 9.17) is 0 Å². The monoisotopic (exact) mass is 258 g/mol. The molecule has 1 aliphatic carbocycles. The minimum absolute atomic E-state index is 0.269. The zero-order valence-corrected chi connectivity index (χ0v) is 12.5. The Morgan fingerprint density at radius 3 is 2.53 bits per heavy atom. The van der Waals surface area contributed by atoms with Gasteiger partial charge in [-0.3, -0.25) is 4.79 Å². The highest BCUT2D eigenvalue weighted by Gasteiger charge is 2.25. The lowest BCUT2D eigenvalue weighted by molar-refractivity contribution is 0.0875. The molecule has 0 heterocycles. The van der Waals surface area contributed by atoms with Crippen LogP contribution in [0.5, 0.6) is 0 Å². The van der Waals surface area contributed by atoms with Crippen molar-refractivity contribution in [3.8, 4) is 0 Å². The number of benzene rings is 1. The van der Waals surface area contributed by atoms with Crippen LogP contribution in [0.3, 0.4) is 0 Å². The maximum Gasteiger partial charge on any atom is 0.165 e. The second-order valence-electron chi connectivity index (χ2n) is 6.62. The molecule has 104 valence electrons. The molecule has 1 aromatic rings. The first-order valence-corrected chi connectivity index (χ1v) is 7.69. The van der Waals surface area contributed by atoms with Gasteiger partial charge in [-0.2, -0.15) is 0 Å². The third kappa shape index (κ3) is 3.92. The van der Waals surface area contributed by atoms with Crippen molar-refractivity contribution in [2.45, 2.75) is 52.9 Å². The van der Waals surface area contributed by atoms with E-state index < -0.39 is 0 Å². The summed E-state index contributed by atoms with van der Waals surface area (Å²) in [5.74, 6) is 2.08. The van der Waals surface area contributed by atoms with Crippen LogP contribution in [-0.4, -0.2) is 5.78 Å². The average Bonchev–Trinajstić information content (AvgIpc) is 2.38. The molecular formula is C18H26O. The summed E-state index contributed by atoms with van der Waals surface area (Å²) in [5, 5.41) is 0. The molecule has 1 aliphatic rings. The summed E-state index contributed by atoms with van der Waals surface area (Å²) in [5.41, 5.74) is 2.22. The minimum Gasteiger partial charge on any atom is -0.294 e. The molecule has 0 atom stereocenters. The molecule has 0 bridgehead atoms. The number of hydrogen-bond donors (Lipinski definition) is 0. The van der Waals surface area contributed by atoms with E-state index in [1.165, 1.54) is 18.4 Å². The lowest BCUT2D eigenvalue weighted by Gasteiger charge is -2.25. The molecule has 0 unspecified atom stereocenters. The molecule has 2 rings (SSSR count). The first-order chi connectivity index (χ1) is 9.06. The predicted octanol–water partition coefficient (Wildman–Crippen LogP) is 4.89. The maximum atomic E-state index is 12.5. The molecule has 0 spiro atoms. The highest BCUT2D eigenvalue weighted by atomic mass is 16.1. The largest absolute Gasteiger partial charge is 0.294 e. The Morgan fingerprint density at radius 2 is 1.89 bits per heavy atom. The number of rotatable bonds is 4. The van der Waals surface area contributed by atoms with Gasteiger partial charge in [-0.15, -0.1) is 0 Å². The van der Waals surface area contributed by atoms with Gasteiger partial charge < -0.3 is 0 Å². The Balaban J connectivity index is 2.06. The Hall–Kier alpha value is -1.11. The Morgan fingerprint density at radius 1 is 1.21 bits per heavy atom. The van der Waals surface area contributed by atoms with Gasteiger partial charge in [0.1, 0.15) is 0 Å². The van der Waals surface area contributed by atoms with Gasteiger partial charge in [0, 0.05) is 11.5 Å². The number of ketones is 1. The van der Waals surface area contributed by atoms with Crippen molar-refractivity contribution in [1.29, 1.82) is 0 Å². The third-order valence-electron chi connectivity index (χ3n) is 4.24.